The van der Waals surface area contributed by atoms with Gasteiger partial charge in [0, 0.05) is 36.6 Å². The van der Waals surface area contributed by atoms with Crippen molar-refractivity contribution in [1.82, 2.24) is 4.98 Å². The van der Waals surface area contributed by atoms with Crippen LogP contribution in [0.1, 0.15) is 25.7 Å². The Morgan fingerprint density at radius 2 is 1.90 bits per heavy atom. The van der Waals surface area contributed by atoms with E-state index in [2.05, 4.69) is 22.1 Å². The van der Waals surface area contributed by atoms with Crippen LogP contribution in [0.15, 0.2) is 59.0 Å². The average Bonchev–Trinajstić information content (AvgIpc) is 3.20. The van der Waals surface area contributed by atoms with Crippen molar-refractivity contribution in [2.45, 2.75) is 19.8 Å². The number of amides is 1. The van der Waals surface area contributed by atoms with Crippen molar-refractivity contribution in [3.63, 3.8) is 0 Å². The van der Waals surface area contributed by atoms with Gasteiger partial charge < -0.3 is 19.4 Å². The zero-order chi connectivity index (χ0) is 21.6. The molecule has 1 aromatic heterocycles. The van der Waals surface area contributed by atoms with Crippen molar-refractivity contribution in [2.24, 2.45) is 5.92 Å². The summed E-state index contributed by atoms with van der Waals surface area (Å²) in [4.78, 5) is 30.5. The minimum Gasteiger partial charge on any atom is -0.452 e. The van der Waals surface area contributed by atoms with Gasteiger partial charge >= 0.3 is 5.97 Å². The predicted molar refractivity (Wildman–Crippen MR) is 120 cm³/mol. The van der Waals surface area contributed by atoms with Crippen molar-refractivity contribution >= 4 is 40.4 Å². The topological polar surface area (TPSA) is 84.7 Å². The van der Waals surface area contributed by atoms with E-state index < -0.39 is 11.9 Å². The van der Waals surface area contributed by atoms with Gasteiger partial charge in [-0.1, -0.05) is 19.1 Å². The molecular weight excluding hydrogens is 394 g/mol. The van der Waals surface area contributed by atoms with E-state index in [0.717, 1.165) is 24.7 Å². The molecule has 0 saturated carbocycles. The van der Waals surface area contributed by atoms with E-state index in [1.807, 2.05) is 42.5 Å². The monoisotopic (exact) mass is 419 g/mol. The van der Waals surface area contributed by atoms with Crippen LogP contribution in [-0.2, 0) is 14.3 Å². The largest absolute Gasteiger partial charge is 0.452 e. The zero-order valence-corrected chi connectivity index (χ0v) is 17.4. The van der Waals surface area contributed by atoms with E-state index in [-0.39, 0.29) is 6.61 Å². The van der Waals surface area contributed by atoms with Crippen LogP contribution in [0.25, 0.3) is 17.2 Å². The number of carbonyl (C=O) groups excluding carboxylic acids is 2. The number of carbonyl (C=O) groups is 2. The summed E-state index contributed by atoms with van der Waals surface area (Å²) in [6, 6.07) is 15.0. The number of nitrogens with zero attached hydrogens (tertiary/aromatic N) is 2. The molecule has 2 aromatic carbocycles. The van der Waals surface area contributed by atoms with E-state index in [4.69, 9.17) is 9.15 Å². The summed E-state index contributed by atoms with van der Waals surface area (Å²) in [5.41, 5.74) is 3.16. The number of hydrogen-bond donors (Lipinski definition) is 1. The number of fused-ring (bicyclic) bond motifs is 1. The summed E-state index contributed by atoms with van der Waals surface area (Å²) < 4.78 is 10.5. The van der Waals surface area contributed by atoms with E-state index in [9.17, 15) is 9.59 Å². The van der Waals surface area contributed by atoms with Gasteiger partial charge in [-0.25, -0.2) is 9.78 Å². The maximum atomic E-state index is 12.1. The fourth-order valence-corrected chi connectivity index (χ4v) is 3.50. The summed E-state index contributed by atoms with van der Waals surface area (Å²) in [7, 11) is 0. The predicted octanol–water partition coefficient (Wildman–Crippen LogP) is 4.26. The highest BCUT2D eigenvalue weighted by atomic mass is 16.5. The molecule has 7 heteroatoms. The van der Waals surface area contributed by atoms with Crippen molar-refractivity contribution < 1.29 is 18.7 Å². The van der Waals surface area contributed by atoms with Crippen molar-refractivity contribution in [3.8, 4) is 0 Å². The van der Waals surface area contributed by atoms with Crippen molar-refractivity contribution in [2.75, 3.05) is 29.9 Å². The number of esters is 1. The summed E-state index contributed by atoms with van der Waals surface area (Å²) >= 11 is 0. The lowest BCUT2D eigenvalue weighted by atomic mass is 9.99. The number of oxazole rings is 1. The van der Waals surface area contributed by atoms with Gasteiger partial charge in [0.15, 0.2) is 12.2 Å². The fourth-order valence-electron chi connectivity index (χ4n) is 3.50. The first-order chi connectivity index (χ1) is 15.1. The molecule has 1 saturated heterocycles. The highest BCUT2D eigenvalue weighted by Crippen LogP contribution is 2.24. The number of benzene rings is 2. The molecule has 1 amide bonds. The van der Waals surface area contributed by atoms with E-state index in [1.165, 1.54) is 25.0 Å². The Morgan fingerprint density at radius 1 is 1.16 bits per heavy atom. The van der Waals surface area contributed by atoms with Gasteiger partial charge in [-0.2, -0.15) is 0 Å². The third kappa shape index (κ3) is 5.51. The molecule has 1 N–H and O–H groups in total. The second-order valence-corrected chi connectivity index (χ2v) is 7.73. The van der Waals surface area contributed by atoms with Crippen LogP contribution in [0, 0.1) is 5.92 Å². The number of anilines is 2. The van der Waals surface area contributed by atoms with Gasteiger partial charge in [0.25, 0.3) is 5.91 Å². The maximum Gasteiger partial charge on any atom is 0.331 e. The van der Waals surface area contributed by atoms with E-state index in [1.54, 1.807) is 6.07 Å². The van der Waals surface area contributed by atoms with Crippen LogP contribution in [-0.4, -0.2) is 36.6 Å². The Hall–Kier alpha value is -3.61. The molecule has 1 aliphatic rings. The molecule has 7 nitrogen and oxygen atoms in total. The van der Waals surface area contributed by atoms with Crippen LogP contribution >= 0.6 is 0 Å². The van der Waals surface area contributed by atoms with Crippen LogP contribution in [0.3, 0.4) is 0 Å². The quantitative estimate of drug-likeness (QED) is 0.475. The second-order valence-electron chi connectivity index (χ2n) is 7.73. The number of aromatic nitrogens is 1. The second kappa shape index (κ2) is 9.47. The zero-order valence-electron chi connectivity index (χ0n) is 17.4. The third-order valence-corrected chi connectivity index (χ3v) is 5.32. The molecule has 0 spiro atoms. The molecule has 0 atom stereocenters. The number of nitrogens with one attached hydrogen (secondary N) is 1. The molecule has 3 aromatic rings. The molecule has 2 heterocycles. The number of hydrogen-bond acceptors (Lipinski definition) is 6. The van der Waals surface area contributed by atoms with Gasteiger partial charge in [0.1, 0.15) is 5.52 Å². The van der Waals surface area contributed by atoms with Gasteiger partial charge in [0.05, 0.1) is 0 Å². The lowest BCUT2D eigenvalue weighted by Crippen LogP contribution is -2.32. The molecule has 160 valence electrons. The molecule has 4 rings (SSSR count). The lowest BCUT2D eigenvalue weighted by Gasteiger charge is -2.32. The van der Waals surface area contributed by atoms with Crippen LogP contribution in [0.4, 0.5) is 11.4 Å². The van der Waals surface area contributed by atoms with E-state index >= 15 is 0 Å². The summed E-state index contributed by atoms with van der Waals surface area (Å²) in [6.07, 6.45) is 5.00. The van der Waals surface area contributed by atoms with Gasteiger partial charge in [-0.15, -0.1) is 0 Å². The highest BCUT2D eigenvalue weighted by Gasteiger charge is 2.16. The third-order valence-electron chi connectivity index (χ3n) is 5.32. The normalized spacial score (nSPS) is 14.8. The van der Waals surface area contributed by atoms with Crippen LogP contribution in [0.5, 0.6) is 0 Å². The molecular formula is C24H25N3O4. The van der Waals surface area contributed by atoms with Gasteiger partial charge in [-0.3, -0.25) is 4.79 Å². The van der Waals surface area contributed by atoms with Crippen LogP contribution < -0.4 is 10.2 Å². The Balaban J connectivity index is 1.23. The smallest absolute Gasteiger partial charge is 0.331 e. The first-order valence-electron chi connectivity index (χ1n) is 10.4. The molecule has 0 aliphatic carbocycles. The van der Waals surface area contributed by atoms with Crippen molar-refractivity contribution in [1.29, 1.82) is 0 Å². The number of piperidine rings is 1. The molecule has 0 radical (unpaired) electrons. The molecule has 0 unspecified atom stereocenters. The number of ether oxygens (including phenoxy) is 1. The summed E-state index contributed by atoms with van der Waals surface area (Å²) in [6.45, 7) is 4.02. The van der Waals surface area contributed by atoms with E-state index in [0.29, 0.717) is 22.7 Å². The standard InChI is InChI=1S/C24H25N3O4/c1-17-12-14-27(15-13-17)19-8-6-18(7-9-19)25-22(28)16-30-24(29)11-10-23-26-20-4-2-3-5-21(20)31-23/h2-11,17H,12-16H2,1H3,(H,25,28)/b11-10+. The Kier molecular flexibility index (Phi) is 6.31. The SMILES string of the molecule is CC1CCN(c2ccc(NC(=O)COC(=O)/C=C/c3nc4ccccc4o3)cc2)CC1. The first kappa shape index (κ1) is 20.7. The van der Waals surface area contributed by atoms with Crippen LogP contribution in [0.2, 0.25) is 0 Å². The Labute approximate surface area is 180 Å². The Morgan fingerprint density at radius 3 is 2.65 bits per heavy atom. The van der Waals surface area contributed by atoms with Gasteiger partial charge in [-0.05, 0) is 55.2 Å². The summed E-state index contributed by atoms with van der Waals surface area (Å²) in [5, 5.41) is 2.74. The first-order valence-corrected chi connectivity index (χ1v) is 10.4. The molecule has 1 aliphatic heterocycles. The van der Waals surface area contributed by atoms with Gasteiger partial charge in [0.2, 0.25) is 5.89 Å². The maximum absolute atomic E-state index is 12.1. The lowest BCUT2D eigenvalue weighted by molar-refractivity contribution is -0.142. The minimum absolute atomic E-state index is 0.297. The number of para-hydroxylation sites is 2. The molecule has 0 bridgehead atoms. The highest BCUT2D eigenvalue weighted by molar-refractivity contribution is 5.94. The Bertz CT molecular complexity index is 1050. The molecule has 1 fully saturated rings. The summed E-state index contributed by atoms with van der Waals surface area (Å²) in [5.74, 6) is 0.0310. The van der Waals surface area contributed by atoms with Crippen molar-refractivity contribution in [3.05, 3.63) is 60.5 Å². The average molecular weight is 419 g/mol. The molecule has 31 heavy (non-hydrogen) atoms. The minimum atomic E-state index is -0.646. The fraction of sp³-hybridized carbons (Fsp3) is 0.292. The number of rotatable bonds is 6.